The fourth-order valence-electron chi connectivity index (χ4n) is 2.53. The Morgan fingerprint density at radius 2 is 2.31 bits per heavy atom. The van der Waals surface area contributed by atoms with Crippen molar-refractivity contribution in [3.05, 3.63) is 23.8 Å². The van der Waals surface area contributed by atoms with Gasteiger partial charge < -0.3 is 15.4 Å². The highest BCUT2D eigenvalue weighted by Crippen LogP contribution is 2.28. The quantitative estimate of drug-likeness (QED) is 0.794. The van der Waals surface area contributed by atoms with Crippen LogP contribution in [-0.4, -0.2) is 25.7 Å². The van der Waals surface area contributed by atoms with Gasteiger partial charge in [0.1, 0.15) is 12.4 Å². The highest BCUT2D eigenvalue weighted by molar-refractivity contribution is 5.59. The van der Waals surface area contributed by atoms with Gasteiger partial charge in [0.2, 0.25) is 0 Å². The van der Waals surface area contributed by atoms with Crippen molar-refractivity contribution >= 4 is 5.69 Å². The van der Waals surface area contributed by atoms with Crippen LogP contribution >= 0.6 is 0 Å². The second-order valence-corrected chi connectivity index (χ2v) is 4.60. The van der Waals surface area contributed by atoms with Gasteiger partial charge in [0.05, 0.1) is 5.69 Å². The van der Waals surface area contributed by atoms with E-state index in [-0.39, 0.29) is 0 Å². The molecule has 2 aliphatic rings. The molecule has 0 saturated carbocycles. The third-order valence-corrected chi connectivity index (χ3v) is 3.36. The van der Waals surface area contributed by atoms with Crippen molar-refractivity contribution in [2.45, 2.75) is 25.3 Å². The number of hydrogen-bond acceptors (Lipinski definition) is 3. The molecule has 0 bridgehead atoms. The van der Waals surface area contributed by atoms with Gasteiger partial charge in [-0.2, -0.15) is 0 Å². The smallest absolute Gasteiger partial charge is 0.142 e. The summed E-state index contributed by atoms with van der Waals surface area (Å²) in [7, 11) is 0. The zero-order chi connectivity index (χ0) is 10.8. The summed E-state index contributed by atoms with van der Waals surface area (Å²) in [5, 5.41) is 6.92. The molecule has 0 amide bonds. The second kappa shape index (κ2) is 4.34. The van der Waals surface area contributed by atoms with E-state index < -0.39 is 0 Å². The average molecular weight is 218 g/mol. The molecule has 86 valence electrons. The molecule has 16 heavy (non-hydrogen) atoms. The van der Waals surface area contributed by atoms with Crippen molar-refractivity contribution in [1.29, 1.82) is 0 Å². The molecule has 3 nitrogen and oxygen atoms in total. The van der Waals surface area contributed by atoms with Gasteiger partial charge in [-0.1, -0.05) is 6.07 Å². The summed E-state index contributed by atoms with van der Waals surface area (Å²) in [6.07, 6.45) is 3.76. The van der Waals surface area contributed by atoms with Gasteiger partial charge in [0.25, 0.3) is 0 Å². The molecule has 0 aliphatic carbocycles. The van der Waals surface area contributed by atoms with Crippen molar-refractivity contribution in [3.8, 4) is 5.75 Å². The number of fused-ring (bicyclic) bond motifs is 1. The molecule has 3 heteroatoms. The van der Waals surface area contributed by atoms with Crippen LogP contribution in [0, 0.1) is 0 Å². The maximum Gasteiger partial charge on any atom is 0.142 e. The van der Waals surface area contributed by atoms with Gasteiger partial charge in [-0.05, 0) is 43.5 Å². The van der Waals surface area contributed by atoms with E-state index >= 15 is 0 Å². The molecule has 0 radical (unpaired) electrons. The van der Waals surface area contributed by atoms with Crippen LogP contribution in [0.5, 0.6) is 5.75 Å². The topological polar surface area (TPSA) is 33.3 Å². The lowest BCUT2D eigenvalue weighted by molar-refractivity contribution is 0.323. The number of anilines is 1. The summed E-state index contributed by atoms with van der Waals surface area (Å²) in [4.78, 5) is 0. The van der Waals surface area contributed by atoms with Crippen molar-refractivity contribution < 1.29 is 4.74 Å². The number of hydrogen-bond donors (Lipinski definition) is 2. The molecular weight excluding hydrogens is 200 g/mol. The molecule has 1 aromatic carbocycles. The Labute approximate surface area is 96.2 Å². The van der Waals surface area contributed by atoms with Crippen molar-refractivity contribution in [2.24, 2.45) is 0 Å². The summed E-state index contributed by atoms with van der Waals surface area (Å²) in [6, 6.07) is 7.18. The van der Waals surface area contributed by atoms with Crippen LogP contribution in [-0.2, 0) is 6.42 Å². The van der Waals surface area contributed by atoms with E-state index in [1.807, 2.05) is 0 Å². The number of ether oxygens (including phenoxy) is 1. The largest absolute Gasteiger partial charge is 0.490 e. The lowest BCUT2D eigenvalue weighted by atomic mass is 10.0. The molecule has 0 spiro atoms. The van der Waals surface area contributed by atoms with Gasteiger partial charge in [-0.15, -0.1) is 0 Å². The van der Waals surface area contributed by atoms with E-state index in [0.29, 0.717) is 6.04 Å². The van der Waals surface area contributed by atoms with Crippen LogP contribution in [0.15, 0.2) is 18.2 Å². The van der Waals surface area contributed by atoms with Gasteiger partial charge in [0, 0.05) is 12.6 Å². The molecule has 2 heterocycles. The summed E-state index contributed by atoms with van der Waals surface area (Å²) >= 11 is 0. The van der Waals surface area contributed by atoms with Crippen molar-refractivity contribution in [3.63, 3.8) is 0 Å². The molecule has 2 N–H and O–H groups in total. The lowest BCUT2D eigenvalue weighted by Gasteiger charge is -2.20. The molecule has 3 rings (SSSR count). The molecule has 1 atom stereocenters. The van der Waals surface area contributed by atoms with Crippen LogP contribution in [0.2, 0.25) is 0 Å². The summed E-state index contributed by atoms with van der Waals surface area (Å²) in [6.45, 7) is 2.87. The SMILES string of the molecule is c1cc2c(cc1CC1CCCN1)NCCO2. The minimum atomic E-state index is 0.669. The summed E-state index contributed by atoms with van der Waals surface area (Å²) in [5.41, 5.74) is 2.55. The van der Waals surface area contributed by atoms with Crippen molar-refractivity contribution in [1.82, 2.24) is 5.32 Å². The molecule has 1 aromatic rings. The number of benzene rings is 1. The maximum absolute atomic E-state index is 5.57. The Kier molecular flexibility index (Phi) is 2.70. The van der Waals surface area contributed by atoms with Crippen LogP contribution in [0.3, 0.4) is 0 Å². The molecule has 0 aromatic heterocycles. The van der Waals surface area contributed by atoms with E-state index in [2.05, 4.69) is 28.8 Å². The molecule has 2 aliphatic heterocycles. The van der Waals surface area contributed by atoms with Gasteiger partial charge in [0.15, 0.2) is 0 Å². The summed E-state index contributed by atoms with van der Waals surface area (Å²) in [5.74, 6) is 0.995. The van der Waals surface area contributed by atoms with Crippen LogP contribution in [0.1, 0.15) is 18.4 Å². The van der Waals surface area contributed by atoms with Gasteiger partial charge in [-0.25, -0.2) is 0 Å². The molecule has 1 saturated heterocycles. The number of rotatable bonds is 2. The van der Waals surface area contributed by atoms with Gasteiger partial charge in [-0.3, -0.25) is 0 Å². The minimum Gasteiger partial charge on any atom is -0.490 e. The molecule has 1 fully saturated rings. The third kappa shape index (κ3) is 2.00. The van der Waals surface area contributed by atoms with Crippen molar-refractivity contribution in [2.75, 3.05) is 25.0 Å². The van der Waals surface area contributed by atoms with E-state index in [9.17, 15) is 0 Å². The third-order valence-electron chi connectivity index (χ3n) is 3.36. The average Bonchev–Trinajstić information content (AvgIpc) is 2.82. The maximum atomic E-state index is 5.57. The minimum absolute atomic E-state index is 0.669. The highest BCUT2D eigenvalue weighted by atomic mass is 16.5. The normalized spacial score (nSPS) is 23.4. The monoisotopic (exact) mass is 218 g/mol. The zero-order valence-corrected chi connectivity index (χ0v) is 9.46. The lowest BCUT2D eigenvalue weighted by Crippen LogP contribution is -2.24. The highest BCUT2D eigenvalue weighted by Gasteiger charge is 2.16. The predicted molar refractivity (Wildman–Crippen MR) is 65.2 cm³/mol. The predicted octanol–water partition coefficient (Wildman–Crippen LogP) is 1.79. The number of nitrogens with one attached hydrogen (secondary N) is 2. The fraction of sp³-hybridized carbons (Fsp3) is 0.538. The van der Waals surface area contributed by atoms with Crippen LogP contribution in [0.25, 0.3) is 0 Å². The van der Waals surface area contributed by atoms with Crippen LogP contribution < -0.4 is 15.4 Å². The first-order valence-corrected chi connectivity index (χ1v) is 6.15. The van der Waals surface area contributed by atoms with E-state index in [1.54, 1.807) is 0 Å². The second-order valence-electron chi connectivity index (χ2n) is 4.60. The van der Waals surface area contributed by atoms with Crippen LogP contribution in [0.4, 0.5) is 5.69 Å². The standard InChI is InChI=1S/C13H18N2O/c1-2-11(14-5-1)8-10-3-4-13-12(9-10)15-6-7-16-13/h3-4,9,11,14-15H,1-2,5-8H2. The first-order chi connectivity index (χ1) is 7.92. The molecule has 1 unspecified atom stereocenters. The van der Waals surface area contributed by atoms with Gasteiger partial charge >= 0.3 is 0 Å². The summed E-state index contributed by atoms with van der Waals surface area (Å²) < 4.78 is 5.57. The Hall–Kier alpha value is -1.22. The Balaban J connectivity index is 1.74. The Morgan fingerprint density at radius 1 is 1.31 bits per heavy atom. The van der Waals surface area contributed by atoms with E-state index in [4.69, 9.17) is 4.74 Å². The Bertz CT molecular complexity index is 372. The fourth-order valence-corrected chi connectivity index (χ4v) is 2.53. The molecular formula is C13H18N2O. The Morgan fingerprint density at radius 3 is 3.19 bits per heavy atom. The van der Waals surface area contributed by atoms with E-state index in [1.165, 1.54) is 24.9 Å². The van der Waals surface area contributed by atoms with E-state index in [0.717, 1.165) is 31.0 Å². The zero-order valence-electron chi connectivity index (χ0n) is 9.46. The first kappa shape index (κ1) is 9.97. The first-order valence-electron chi connectivity index (χ1n) is 6.15.